The monoisotopic (exact) mass is 720 g/mol. The molecule has 2 atom stereocenters. The Morgan fingerprint density at radius 2 is 1.36 bits per heavy atom. The molecule has 0 N–H and O–H groups in total. The summed E-state index contributed by atoms with van der Waals surface area (Å²) in [6.45, 7) is 22.6. The average molecular weight is 721 g/mol. The molecule has 0 radical (unpaired) electrons. The normalized spacial score (nSPS) is 20.5. The number of amidine groups is 1. The first-order valence-electron chi connectivity index (χ1n) is 19.6. The van der Waals surface area contributed by atoms with E-state index in [2.05, 4.69) is 170 Å². The number of benzene rings is 5. The van der Waals surface area contributed by atoms with E-state index in [9.17, 15) is 0 Å². The smallest absolute Gasteiger partial charge is 0.141 e. The molecule has 0 bridgehead atoms. The number of ether oxygens (including phenoxy) is 1. The van der Waals surface area contributed by atoms with Crippen molar-refractivity contribution in [2.24, 2.45) is 4.99 Å². The zero-order chi connectivity index (χ0) is 38.3. The lowest BCUT2D eigenvalue weighted by Crippen LogP contribution is -2.52. The van der Waals surface area contributed by atoms with Crippen LogP contribution in [0.15, 0.2) is 102 Å². The highest BCUT2D eigenvalue weighted by Crippen LogP contribution is 2.57. The summed E-state index contributed by atoms with van der Waals surface area (Å²) in [5, 5.41) is 2.48. The number of pyridine rings is 1. The van der Waals surface area contributed by atoms with Crippen LogP contribution in [0.25, 0.3) is 27.6 Å². The summed E-state index contributed by atoms with van der Waals surface area (Å²) in [5.74, 6) is 3.62. The quantitative estimate of drug-likeness (QED) is 0.182. The van der Waals surface area contributed by atoms with Gasteiger partial charge in [0.25, 0.3) is 0 Å². The molecule has 0 unspecified atom stereocenters. The van der Waals surface area contributed by atoms with E-state index in [1.165, 1.54) is 66.5 Å². The molecule has 0 saturated heterocycles. The van der Waals surface area contributed by atoms with Crippen LogP contribution in [0.1, 0.15) is 88.9 Å². The molecular formula is C50H48N4O. The van der Waals surface area contributed by atoms with Gasteiger partial charge in [0.05, 0.1) is 22.1 Å². The molecule has 0 fully saturated rings. The van der Waals surface area contributed by atoms with Crippen molar-refractivity contribution in [3.63, 3.8) is 0 Å². The van der Waals surface area contributed by atoms with E-state index in [-0.39, 0.29) is 16.5 Å². The lowest BCUT2D eigenvalue weighted by atomic mass is 9.75. The molecule has 1 aliphatic carbocycles. The molecular weight excluding hydrogens is 673 g/mol. The fraction of sp³-hybridized carbons (Fsp3) is 0.280. The summed E-state index contributed by atoms with van der Waals surface area (Å²) in [5.41, 5.74) is 16.3. The summed E-state index contributed by atoms with van der Waals surface area (Å²) >= 11 is 0. The van der Waals surface area contributed by atoms with Crippen LogP contribution in [0.4, 0.5) is 5.69 Å². The molecule has 0 amide bonds. The van der Waals surface area contributed by atoms with Gasteiger partial charge in [-0.2, -0.15) is 0 Å². The van der Waals surface area contributed by atoms with Gasteiger partial charge in [0.15, 0.2) is 0 Å². The molecule has 10 rings (SSSR count). The number of hydrogen-bond donors (Lipinski definition) is 0. The Kier molecular flexibility index (Phi) is 6.89. The van der Waals surface area contributed by atoms with Crippen molar-refractivity contribution in [2.45, 2.75) is 92.2 Å². The van der Waals surface area contributed by atoms with Gasteiger partial charge in [-0.05, 0) is 131 Å². The van der Waals surface area contributed by atoms with Crippen LogP contribution in [0.3, 0.4) is 0 Å². The third-order valence-electron chi connectivity index (χ3n) is 13.2. The molecule has 274 valence electrons. The topological polar surface area (TPSA) is 42.6 Å². The Balaban J connectivity index is 1.13. The van der Waals surface area contributed by atoms with E-state index in [1.54, 1.807) is 0 Å². The zero-order valence-electron chi connectivity index (χ0n) is 33.6. The van der Waals surface area contributed by atoms with E-state index in [1.807, 2.05) is 6.20 Å². The molecule has 4 heterocycles. The van der Waals surface area contributed by atoms with Gasteiger partial charge < -0.3 is 9.64 Å². The number of hydrogen-bond acceptors (Lipinski definition) is 4. The van der Waals surface area contributed by atoms with Crippen LogP contribution >= 0.6 is 0 Å². The van der Waals surface area contributed by atoms with Crippen LogP contribution in [-0.2, 0) is 17.4 Å². The molecule has 7 aromatic rings. The van der Waals surface area contributed by atoms with Crippen molar-refractivity contribution >= 4 is 33.3 Å². The predicted molar refractivity (Wildman–Crippen MR) is 227 cm³/mol. The maximum absolute atomic E-state index is 6.99. The third-order valence-corrected chi connectivity index (χ3v) is 13.2. The lowest BCUT2D eigenvalue weighted by molar-refractivity contribution is 0.321. The maximum atomic E-state index is 6.99. The van der Waals surface area contributed by atoms with Crippen molar-refractivity contribution in [2.75, 3.05) is 4.90 Å². The van der Waals surface area contributed by atoms with Gasteiger partial charge in [-0.1, -0.05) is 73.5 Å². The molecule has 55 heavy (non-hydrogen) atoms. The van der Waals surface area contributed by atoms with Gasteiger partial charge in [-0.15, -0.1) is 0 Å². The van der Waals surface area contributed by atoms with Crippen LogP contribution in [-0.4, -0.2) is 20.9 Å². The van der Waals surface area contributed by atoms with E-state index >= 15 is 0 Å². The summed E-state index contributed by atoms with van der Waals surface area (Å²) in [6, 6.07) is 33.7. The van der Waals surface area contributed by atoms with Gasteiger partial charge >= 0.3 is 0 Å². The fourth-order valence-electron chi connectivity index (χ4n) is 10.5. The molecule has 0 spiro atoms. The minimum absolute atomic E-state index is 0.175. The van der Waals surface area contributed by atoms with E-state index in [4.69, 9.17) is 14.7 Å². The maximum Gasteiger partial charge on any atom is 0.141 e. The Labute approximate surface area is 324 Å². The van der Waals surface area contributed by atoms with Gasteiger partial charge in [-0.3, -0.25) is 9.56 Å². The molecule has 5 heteroatoms. The first kappa shape index (κ1) is 33.9. The number of fused-ring (bicyclic) bond motifs is 8. The zero-order valence-corrected chi connectivity index (χ0v) is 33.6. The number of aromatic nitrogens is 2. The van der Waals surface area contributed by atoms with E-state index in [0.29, 0.717) is 0 Å². The fourth-order valence-corrected chi connectivity index (χ4v) is 10.5. The van der Waals surface area contributed by atoms with Crippen molar-refractivity contribution in [1.29, 1.82) is 0 Å². The Morgan fingerprint density at radius 1 is 0.655 bits per heavy atom. The van der Waals surface area contributed by atoms with E-state index < -0.39 is 0 Å². The second-order valence-electron chi connectivity index (χ2n) is 17.5. The number of aliphatic imine (C=N–C) groups is 1. The summed E-state index contributed by atoms with van der Waals surface area (Å²) in [7, 11) is 0. The highest BCUT2D eigenvalue weighted by molar-refractivity contribution is 6.15. The minimum Gasteiger partial charge on any atom is -0.457 e. The van der Waals surface area contributed by atoms with Crippen LogP contribution in [0.5, 0.6) is 11.5 Å². The van der Waals surface area contributed by atoms with Crippen LogP contribution < -0.4 is 9.64 Å². The summed E-state index contributed by atoms with van der Waals surface area (Å²) in [6.07, 6.45) is 2.80. The molecule has 2 aliphatic heterocycles. The summed E-state index contributed by atoms with van der Waals surface area (Å²) in [4.78, 5) is 13.3. The number of nitrogens with zero attached hydrogens (tertiary/aromatic N) is 4. The van der Waals surface area contributed by atoms with E-state index in [0.717, 1.165) is 51.8 Å². The Morgan fingerprint density at radius 3 is 2.15 bits per heavy atom. The van der Waals surface area contributed by atoms with Crippen molar-refractivity contribution in [3.05, 3.63) is 158 Å². The predicted octanol–water partition coefficient (Wildman–Crippen LogP) is 12.0. The van der Waals surface area contributed by atoms with Crippen LogP contribution in [0.2, 0.25) is 0 Å². The molecule has 5 nitrogen and oxygen atoms in total. The molecule has 2 aromatic heterocycles. The Bertz CT molecular complexity index is 2830. The number of aryl methyl sites for hydroxylation is 6. The highest BCUT2D eigenvalue weighted by Gasteiger charge is 2.61. The van der Waals surface area contributed by atoms with Crippen molar-refractivity contribution in [3.8, 4) is 17.3 Å². The molecule has 5 aromatic carbocycles. The summed E-state index contributed by atoms with van der Waals surface area (Å²) < 4.78 is 9.36. The van der Waals surface area contributed by atoms with Gasteiger partial charge in [0, 0.05) is 51.7 Å². The second-order valence-corrected chi connectivity index (χ2v) is 17.5. The van der Waals surface area contributed by atoms with Crippen molar-refractivity contribution < 1.29 is 4.74 Å². The standard InChI is InChI=1S/C50H48N4O/c1-28-18-32(5)44(33(6)19-28)54-46(52-49(9)27-34-14-11-12-15-39(34)50(49,54)10)35-20-29(2)21-36(25-35)55-43-26-42-37(24-31(43)4)38-22-30(3)23-41-45(38)53(42)47-40(48(41,7)8)16-13-17-51-47/h11-26H,27H2,1-10H3/t49-,50+/m1/s1. The van der Waals surface area contributed by atoms with Gasteiger partial charge in [0.2, 0.25) is 0 Å². The van der Waals surface area contributed by atoms with Gasteiger partial charge in [0.1, 0.15) is 23.2 Å². The lowest BCUT2D eigenvalue weighted by Gasteiger charge is -2.43. The molecule has 3 aliphatic rings. The third kappa shape index (κ3) is 4.53. The van der Waals surface area contributed by atoms with Gasteiger partial charge in [-0.25, -0.2) is 4.98 Å². The largest absolute Gasteiger partial charge is 0.457 e. The molecule has 0 saturated carbocycles. The minimum atomic E-state index is -0.370. The average Bonchev–Trinajstić information content (AvgIpc) is 3.64. The first-order chi connectivity index (χ1) is 26.2. The second kappa shape index (κ2) is 11.2. The highest BCUT2D eigenvalue weighted by atomic mass is 16.5. The number of anilines is 1. The number of rotatable bonds is 4. The first-order valence-corrected chi connectivity index (χ1v) is 19.6. The SMILES string of the molecule is Cc1cc(Oc2cc3c(cc2C)c2cc(C)cc4c2n3-c2ncccc2C4(C)C)cc(C2=N[C@]3(C)Cc4ccccc4[C@]3(C)N2c2c(C)cc(C)cc2C)c1. The van der Waals surface area contributed by atoms with Crippen LogP contribution in [0, 0.1) is 41.5 Å². The Hall–Kier alpha value is -5.68. The van der Waals surface area contributed by atoms with Crippen molar-refractivity contribution in [1.82, 2.24) is 9.55 Å².